The smallest absolute Gasteiger partial charge is 0.202 e. The standard InChI is InChI=1S/C27H28BNO11/c1-10-22(32)13(29-28)6-17(39-10)40-15-8-27(37,16(31)9-30)7-12-19(15)26(36)21-20(24(12)34)23(33)11-4-3-5-14(38-2)18(11)25(21)35/h3-5,10,13,15,17,22,29-30,32,34,36-37H,6-9H2,1-2H3/t10-,13-,15-,17-,22-,27-/m0/s1. The second-order valence-corrected chi connectivity index (χ2v) is 10.3. The Labute approximate surface area is 229 Å². The highest BCUT2D eigenvalue weighted by molar-refractivity contribution is 6.31. The van der Waals surface area contributed by atoms with Gasteiger partial charge in [0.2, 0.25) is 5.78 Å². The van der Waals surface area contributed by atoms with Gasteiger partial charge < -0.3 is 45.0 Å². The number of hydrogen-bond donors (Lipinski definition) is 6. The molecule has 3 aliphatic rings. The molecule has 1 heterocycles. The first-order valence-corrected chi connectivity index (χ1v) is 12.7. The number of phenolic OH excluding ortho intramolecular Hbond substituents is 2. The van der Waals surface area contributed by atoms with Crippen molar-refractivity contribution in [3.8, 4) is 17.2 Å². The van der Waals surface area contributed by atoms with Crippen molar-refractivity contribution >= 4 is 25.3 Å². The zero-order chi connectivity index (χ0) is 29.1. The lowest BCUT2D eigenvalue weighted by atomic mass is 9.72. The van der Waals surface area contributed by atoms with Crippen LogP contribution in [0.5, 0.6) is 17.2 Å². The van der Waals surface area contributed by atoms with Gasteiger partial charge in [0.1, 0.15) is 29.5 Å². The number of nitrogens with one attached hydrogen (secondary N) is 1. The quantitative estimate of drug-likeness (QED) is 0.173. The number of Topliss-reactive ketones (excluding diaryl/α,β-unsaturated/α-hetero) is 1. The maximum absolute atomic E-state index is 13.7. The van der Waals surface area contributed by atoms with Crippen LogP contribution in [0.25, 0.3) is 0 Å². The number of aromatic hydroxyl groups is 2. The van der Waals surface area contributed by atoms with Crippen LogP contribution in [-0.4, -0.2) is 94.7 Å². The van der Waals surface area contributed by atoms with E-state index >= 15 is 0 Å². The molecule has 6 atom stereocenters. The van der Waals surface area contributed by atoms with E-state index in [1.807, 2.05) is 0 Å². The number of aliphatic hydroxyl groups is 3. The summed E-state index contributed by atoms with van der Waals surface area (Å²) >= 11 is 0. The zero-order valence-corrected chi connectivity index (χ0v) is 21.7. The Bertz CT molecular complexity index is 1410. The predicted octanol–water partition coefficient (Wildman–Crippen LogP) is -0.284. The summed E-state index contributed by atoms with van der Waals surface area (Å²) in [6.45, 7) is 0.558. The molecular formula is C27H28BNO11. The first-order chi connectivity index (χ1) is 19.0. The van der Waals surface area contributed by atoms with E-state index in [0.29, 0.717) is 0 Å². The SMILES string of the molecule is [B]N[C@H]1C[C@H](O[C@H]2C[C@](O)(C(=O)CO)Cc3c(O)c4c(c(O)c32)C(=O)c2c(OC)cccc2C4=O)O[C@@H](C)[C@@H]1O. The maximum atomic E-state index is 13.7. The van der Waals surface area contributed by atoms with Gasteiger partial charge in [-0.15, -0.1) is 0 Å². The fourth-order valence-electron chi connectivity index (χ4n) is 5.88. The minimum Gasteiger partial charge on any atom is -0.507 e. The summed E-state index contributed by atoms with van der Waals surface area (Å²) in [5.74, 6) is -3.80. The van der Waals surface area contributed by atoms with Gasteiger partial charge in [0.05, 0.1) is 42.1 Å². The molecule has 6 N–H and O–H groups in total. The van der Waals surface area contributed by atoms with E-state index in [1.165, 1.54) is 25.3 Å². The Morgan fingerprint density at radius 1 is 1.18 bits per heavy atom. The number of aliphatic hydroxyl groups excluding tert-OH is 2. The third-order valence-electron chi connectivity index (χ3n) is 7.97. The highest BCUT2D eigenvalue weighted by Crippen LogP contribution is 2.52. The molecule has 1 aliphatic heterocycles. The molecule has 12 nitrogen and oxygen atoms in total. The topological polar surface area (TPSA) is 192 Å². The first-order valence-electron chi connectivity index (χ1n) is 12.7. The summed E-state index contributed by atoms with van der Waals surface area (Å²) < 4.78 is 17.1. The molecule has 2 aromatic carbocycles. The third kappa shape index (κ3) is 4.21. The number of carbonyl (C=O) groups is 3. The van der Waals surface area contributed by atoms with Crippen molar-refractivity contribution in [1.82, 2.24) is 5.23 Å². The number of carbonyl (C=O) groups excluding carboxylic acids is 3. The van der Waals surface area contributed by atoms with Gasteiger partial charge in [-0.2, -0.15) is 0 Å². The number of benzene rings is 2. The molecule has 5 rings (SSSR count). The van der Waals surface area contributed by atoms with Crippen LogP contribution < -0.4 is 9.96 Å². The van der Waals surface area contributed by atoms with E-state index in [2.05, 4.69) is 5.23 Å². The number of fused-ring (bicyclic) bond motifs is 3. The van der Waals surface area contributed by atoms with Crippen LogP contribution in [0.2, 0.25) is 0 Å². The highest BCUT2D eigenvalue weighted by Gasteiger charge is 2.50. The van der Waals surface area contributed by atoms with Crippen molar-refractivity contribution in [3.63, 3.8) is 0 Å². The van der Waals surface area contributed by atoms with Crippen molar-refractivity contribution in [1.29, 1.82) is 0 Å². The molecule has 2 radical (unpaired) electrons. The Kier molecular flexibility index (Phi) is 7.23. The highest BCUT2D eigenvalue weighted by atomic mass is 16.7. The average molecular weight is 553 g/mol. The molecule has 0 aromatic heterocycles. The third-order valence-corrected chi connectivity index (χ3v) is 7.97. The normalized spacial score (nSPS) is 29.4. The van der Waals surface area contributed by atoms with E-state index in [1.54, 1.807) is 6.92 Å². The number of ketones is 3. The minimum atomic E-state index is -2.25. The molecule has 1 fully saturated rings. The Morgan fingerprint density at radius 2 is 1.88 bits per heavy atom. The molecule has 2 aliphatic carbocycles. The largest absolute Gasteiger partial charge is 0.507 e. The summed E-state index contributed by atoms with van der Waals surface area (Å²) in [4.78, 5) is 39.8. The van der Waals surface area contributed by atoms with E-state index < -0.39 is 95.7 Å². The van der Waals surface area contributed by atoms with Crippen molar-refractivity contribution in [3.05, 3.63) is 51.6 Å². The Hall–Kier alpha value is -3.33. The van der Waals surface area contributed by atoms with Crippen LogP contribution in [0.15, 0.2) is 18.2 Å². The number of phenols is 2. The van der Waals surface area contributed by atoms with Gasteiger partial charge in [-0.1, -0.05) is 12.1 Å². The molecule has 0 bridgehead atoms. The van der Waals surface area contributed by atoms with E-state index in [4.69, 9.17) is 22.2 Å². The molecule has 0 saturated carbocycles. The number of rotatable bonds is 6. The van der Waals surface area contributed by atoms with Crippen LogP contribution in [-0.2, 0) is 20.7 Å². The molecule has 0 unspecified atom stereocenters. The van der Waals surface area contributed by atoms with Crippen molar-refractivity contribution < 1.29 is 54.1 Å². The lowest BCUT2D eigenvalue weighted by Gasteiger charge is -2.42. The van der Waals surface area contributed by atoms with Crippen molar-refractivity contribution in [2.45, 2.75) is 62.4 Å². The fourth-order valence-corrected chi connectivity index (χ4v) is 5.88. The molecule has 1 saturated heterocycles. The number of hydrogen-bond acceptors (Lipinski definition) is 12. The van der Waals surface area contributed by atoms with Crippen LogP contribution >= 0.6 is 0 Å². The second-order valence-electron chi connectivity index (χ2n) is 10.3. The second kappa shape index (κ2) is 10.3. The summed E-state index contributed by atoms with van der Waals surface area (Å²) in [5.41, 5.74) is -3.67. The Balaban J connectivity index is 1.68. The van der Waals surface area contributed by atoms with Crippen LogP contribution in [0.1, 0.15) is 68.8 Å². The van der Waals surface area contributed by atoms with Gasteiger partial charge in [-0.05, 0) is 13.0 Å². The van der Waals surface area contributed by atoms with Crippen molar-refractivity contribution in [2.24, 2.45) is 0 Å². The van der Waals surface area contributed by atoms with Gasteiger partial charge in [-0.25, -0.2) is 0 Å². The van der Waals surface area contributed by atoms with Crippen LogP contribution in [0, 0.1) is 0 Å². The zero-order valence-electron chi connectivity index (χ0n) is 21.7. The Morgan fingerprint density at radius 3 is 2.52 bits per heavy atom. The predicted molar refractivity (Wildman–Crippen MR) is 136 cm³/mol. The molecule has 0 spiro atoms. The van der Waals surface area contributed by atoms with E-state index in [9.17, 15) is 39.9 Å². The van der Waals surface area contributed by atoms with Gasteiger partial charge >= 0.3 is 0 Å². The number of methoxy groups -OCH3 is 1. The van der Waals surface area contributed by atoms with E-state index in [0.717, 1.165) is 0 Å². The lowest BCUT2D eigenvalue weighted by molar-refractivity contribution is -0.248. The lowest BCUT2D eigenvalue weighted by Crippen LogP contribution is -2.54. The molecule has 0 amide bonds. The van der Waals surface area contributed by atoms with Gasteiger partial charge in [0.15, 0.2) is 25.8 Å². The molecular weight excluding hydrogens is 525 g/mol. The van der Waals surface area contributed by atoms with Crippen LogP contribution in [0.4, 0.5) is 0 Å². The summed E-state index contributed by atoms with van der Waals surface area (Å²) in [7, 11) is 6.87. The molecule has 210 valence electrons. The maximum Gasteiger partial charge on any atom is 0.202 e. The molecule has 40 heavy (non-hydrogen) atoms. The van der Waals surface area contributed by atoms with Gasteiger partial charge in [0, 0.05) is 42.0 Å². The number of ether oxygens (including phenoxy) is 3. The monoisotopic (exact) mass is 553 g/mol. The molecule has 2 aromatic rings. The van der Waals surface area contributed by atoms with E-state index in [-0.39, 0.29) is 34.4 Å². The summed E-state index contributed by atoms with van der Waals surface area (Å²) in [5, 5.41) is 56.5. The fraction of sp³-hybridized carbons (Fsp3) is 0.444. The summed E-state index contributed by atoms with van der Waals surface area (Å²) in [6.07, 6.45) is -5.17. The van der Waals surface area contributed by atoms with Crippen LogP contribution in [0.3, 0.4) is 0 Å². The average Bonchev–Trinajstić information content (AvgIpc) is 2.94. The first kappa shape index (κ1) is 28.2. The van der Waals surface area contributed by atoms with Crippen molar-refractivity contribution in [2.75, 3.05) is 13.7 Å². The molecule has 13 heteroatoms. The van der Waals surface area contributed by atoms with Gasteiger partial charge in [0.25, 0.3) is 0 Å². The minimum absolute atomic E-state index is 0.0277. The van der Waals surface area contributed by atoms with Gasteiger partial charge in [-0.3, -0.25) is 14.4 Å². The summed E-state index contributed by atoms with van der Waals surface area (Å²) in [6, 6.07) is 3.71.